The Kier molecular flexibility index (Phi) is 5.74. The highest BCUT2D eigenvalue weighted by Crippen LogP contribution is 2.29. The molecule has 0 saturated carbocycles. The van der Waals surface area contributed by atoms with Gasteiger partial charge >= 0.3 is 5.97 Å². The largest absolute Gasteiger partial charge is 0.456 e. The molecular formula is C22H28N2O2. The van der Waals surface area contributed by atoms with Gasteiger partial charge in [-0.05, 0) is 44.0 Å². The van der Waals surface area contributed by atoms with Crippen LogP contribution in [0.1, 0.15) is 48.3 Å². The Bertz CT molecular complexity index is 714. The van der Waals surface area contributed by atoms with Gasteiger partial charge in [0.05, 0.1) is 11.6 Å². The van der Waals surface area contributed by atoms with E-state index in [2.05, 4.69) is 46.6 Å². The minimum Gasteiger partial charge on any atom is -0.456 e. The summed E-state index contributed by atoms with van der Waals surface area (Å²) in [5.41, 5.74) is 2.59. The zero-order valence-electron chi connectivity index (χ0n) is 15.9. The van der Waals surface area contributed by atoms with E-state index in [-0.39, 0.29) is 12.0 Å². The van der Waals surface area contributed by atoms with Gasteiger partial charge in [-0.25, -0.2) is 4.79 Å². The van der Waals surface area contributed by atoms with E-state index in [9.17, 15) is 4.79 Å². The summed E-state index contributed by atoms with van der Waals surface area (Å²) in [6.45, 7) is 9.67. The standard InChI is InChI=1S/C22H28N2O2/c1-22(2,3)26-21(25)19-11-9-18(10-12-19)20(17-7-5-4-6-8-17)24-15-13-23-14-16-24/h4-12,20,23H,13-16H2,1-3H3. The van der Waals surface area contributed by atoms with Crippen LogP contribution in [0.15, 0.2) is 54.6 Å². The number of rotatable bonds is 4. The third-order valence-electron chi connectivity index (χ3n) is 4.49. The number of hydrogen-bond donors (Lipinski definition) is 1. The first kappa shape index (κ1) is 18.6. The molecule has 3 rings (SSSR count). The summed E-state index contributed by atoms with van der Waals surface area (Å²) in [6.07, 6.45) is 0. The summed E-state index contributed by atoms with van der Waals surface area (Å²) in [7, 11) is 0. The van der Waals surface area contributed by atoms with Gasteiger partial charge < -0.3 is 10.1 Å². The van der Waals surface area contributed by atoms with Crippen molar-refractivity contribution in [1.82, 2.24) is 10.2 Å². The van der Waals surface area contributed by atoms with Crippen molar-refractivity contribution in [2.75, 3.05) is 26.2 Å². The summed E-state index contributed by atoms with van der Waals surface area (Å²) in [4.78, 5) is 14.8. The maximum absolute atomic E-state index is 12.3. The fourth-order valence-corrected chi connectivity index (χ4v) is 3.33. The van der Waals surface area contributed by atoms with E-state index < -0.39 is 5.60 Å². The molecule has 0 aromatic heterocycles. The molecule has 26 heavy (non-hydrogen) atoms. The molecule has 1 unspecified atom stereocenters. The van der Waals surface area contributed by atoms with Crippen LogP contribution >= 0.6 is 0 Å². The van der Waals surface area contributed by atoms with Crippen LogP contribution in [0.5, 0.6) is 0 Å². The lowest BCUT2D eigenvalue weighted by atomic mass is 9.95. The van der Waals surface area contributed by atoms with Crippen molar-refractivity contribution in [1.29, 1.82) is 0 Å². The number of nitrogens with one attached hydrogen (secondary N) is 1. The Labute approximate surface area is 156 Å². The Balaban J connectivity index is 1.86. The van der Waals surface area contributed by atoms with Crippen LogP contribution in [0.3, 0.4) is 0 Å². The van der Waals surface area contributed by atoms with Crippen LogP contribution < -0.4 is 5.32 Å². The average molecular weight is 352 g/mol. The second kappa shape index (κ2) is 8.02. The van der Waals surface area contributed by atoms with Crippen LogP contribution in [-0.4, -0.2) is 42.6 Å². The van der Waals surface area contributed by atoms with Crippen molar-refractivity contribution in [2.45, 2.75) is 32.4 Å². The number of nitrogens with zero attached hydrogens (tertiary/aromatic N) is 1. The summed E-state index contributed by atoms with van der Waals surface area (Å²) < 4.78 is 5.47. The second-order valence-electron chi connectivity index (χ2n) is 7.72. The van der Waals surface area contributed by atoms with Crippen LogP contribution in [0.2, 0.25) is 0 Å². The molecule has 138 valence electrons. The van der Waals surface area contributed by atoms with Gasteiger partial charge in [0.2, 0.25) is 0 Å². The Hall–Kier alpha value is -2.17. The topological polar surface area (TPSA) is 41.6 Å². The van der Waals surface area contributed by atoms with Gasteiger partial charge in [-0.1, -0.05) is 42.5 Å². The molecule has 1 fully saturated rings. The van der Waals surface area contributed by atoms with Gasteiger partial charge in [0.1, 0.15) is 5.60 Å². The number of piperazine rings is 1. The molecule has 2 aromatic carbocycles. The minimum absolute atomic E-state index is 0.200. The van der Waals surface area contributed by atoms with E-state index in [1.54, 1.807) is 0 Å². The predicted molar refractivity (Wildman–Crippen MR) is 104 cm³/mol. The molecule has 1 aliphatic rings. The Morgan fingerprint density at radius 2 is 1.54 bits per heavy atom. The number of benzene rings is 2. The summed E-state index contributed by atoms with van der Waals surface area (Å²) in [5.74, 6) is -0.275. The van der Waals surface area contributed by atoms with Gasteiger partial charge in [0.25, 0.3) is 0 Å². The minimum atomic E-state index is -0.483. The maximum atomic E-state index is 12.3. The number of hydrogen-bond acceptors (Lipinski definition) is 4. The SMILES string of the molecule is CC(C)(C)OC(=O)c1ccc(C(c2ccccc2)N2CCNCC2)cc1. The van der Waals surface area contributed by atoms with Crippen molar-refractivity contribution in [3.63, 3.8) is 0 Å². The van der Waals surface area contributed by atoms with Gasteiger partial charge in [0, 0.05) is 26.2 Å². The lowest BCUT2D eigenvalue weighted by Crippen LogP contribution is -2.45. The molecule has 1 aliphatic heterocycles. The third kappa shape index (κ3) is 4.71. The summed E-state index contributed by atoms with van der Waals surface area (Å²) in [5, 5.41) is 3.42. The first-order chi connectivity index (χ1) is 12.4. The number of carbonyl (C=O) groups is 1. The summed E-state index contributed by atoms with van der Waals surface area (Å²) in [6, 6.07) is 18.6. The average Bonchev–Trinajstić information content (AvgIpc) is 2.63. The highest BCUT2D eigenvalue weighted by molar-refractivity contribution is 5.89. The van der Waals surface area contributed by atoms with Crippen LogP contribution in [0, 0.1) is 0 Å². The monoisotopic (exact) mass is 352 g/mol. The van der Waals surface area contributed by atoms with E-state index in [1.807, 2.05) is 39.0 Å². The van der Waals surface area contributed by atoms with Gasteiger partial charge in [0.15, 0.2) is 0 Å². The van der Waals surface area contributed by atoms with E-state index in [0.29, 0.717) is 5.56 Å². The lowest BCUT2D eigenvalue weighted by Gasteiger charge is -2.35. The Morgan fingerprint density at radius 3 is 2.12 bits per heavy atom. The molecule has 0 aliphatic carbocycles. The molecular weight excluding hydrogens is 324 g/mol. The van der Waals surface area contributed by atoms with Crippen LogP contribution in [-0.2, 0) is 4.74 Å². The molecule has 0 radical (unpaired) electrons. The first-order valence-electron chi connectivity index (χ1n) is 9.27. The van der Waals surface area contributed by atoms with Gasteiger partial charge in [-0.2, -0.15) is 0 Å². The van der Waals surface area contributed by atoms with Gasteiger partial charge in [-0.15, -0.1) is 0 Å². The third-order valence-corrected chi connectivity index (χ3v) is 4.49. The van der Waals surface area contributed by atoms with Crippen molar-refractivity contribution < 1.29 is 9.53 Å². The van der Waals surface area contributed by atoms with Crippen molar-refractivity contribution >= 4 is 5.97 Å². The predicted octanol–water partition coefficient (Wildman–Crippen LogP) is 3.64. The fourth-order valence-electron chi connectivity index (χ4n) is 3.33. The van der Waals surface area contributed by atoms with E-state index >= 15 is 0 Å². The van der Waals surface area contributed by atoms with Crippen molar-refractivity contribution in [3.8, 4) is 0 Å². The van der Waals surface area contributed by atoms with E-state index in [0.717, 1.165) is 26.2 Å². The smallest absolute Gasteiger partial charge is 0.338 e. The van der Waals surface area contributed by atoms with Crippen molar-refractivity contribution in [3.05, 3.63) is 71.3 Å². The van der Waals surface area contributed by atoms with E-state index in [1.165, 1.54) is 11.1 Å². The maximum Gasteiger partial charge on any atom is 0.338 e. The molecule has 1 heterocycles. The van der Waals surface area contributed by atoms with Crippen molar-refractivity contribution in [2.24, 2.45) is 0 Å². The molecule has 1 atom stereocenters. The number of carbonyl (C=O) groups excluding carboxylic acids is 1. The molecule has 1 saturated heterocycles. The molecule has 0 amide bonds. The zero-order valence-corrected chi connectivity index (χ0v) is 15.9. The van der Waals surface area contributed by atoms with E-state index in [4.69, 9.17) is 4.74 Å². The molecule has 2 aromatic rings. The highest BCUT2D eigenvalue weighted by atomic mass is 16.6. The molecule has 4 nitrogen and oxygen atoms in total. The number of esters is 1. The number of ether oxygens (including phenoxy) is 1. The van der Waals surface area contributed by atoms with Crippen LogP contribution in [0.25, 0.3) is 0 Å². The van der Waals surface area contributed by atoms with Crippen LogP contribution in [0.4, 0.5) is 0 Å². The fraction of sp³-hybridized carbons (Fsp3) is 0.409. The molecule has 4 heteroatoms. The summed E-state index contributed by atoms with van der Waals surface area (Å²) >= 11 is 0. The second-order valence-corrected chi connectivity index (χ2v) is 7.72. The molecule has 1 N–H and O–H groups in total. The quantitative estimate of drug-likeness (QED) is 0.853. The van der Waals surface area contributed by atoms with Gasteiger partial charge in [-0.3, -0.25) is 4.90 Å². The zero-order chi connectivity index (χ0) is 18.6. The lowest BCUT2D eigenvalue weighted by molar-refractivity contribution is 0.00695. The Morgan fingerprint density at radius 1 is 0.962 bits per heavy atom. The molecule has 0 spiro atoms. The first-order valence-corrected chi connectivity index (χ1v) is 9.27. The highest BCUT2D eigenvalue weighted by Gasteiger charge is 2.24. The normalized spacial score (nSPS) is 16.9. The molecule has 0 bridgehead atoms.